The van der Waals surface area contributed by atoms with E-state index in [9.17, 15) is 0 Å². The van der Waals surface area contributed by atoms with E-state index in [2.05, 4.69) is 0 Å². The quantitative estimate of drug-likeness (QED) is 0.411. The molecule has 0 saturated carbocycles. The Labute approximate surface area is 144 Å². The lowest BCUT2D eigenvalue weighted by Gasteiger charge is -2.48. The Morgan fingerprint density at radius 3 is 1.24 bits per heavy atom. The predicted octanol–water partition coefficient (Wildman–Crippen LogP) is 4.72. The molecule has 1 saturated heterocycles. The molecule has 12 heteroatoms. The van der Waals surface area contributed by atoms with Crippen LogP contribution in [0.3, 0.4) is 0 Å². The second-order valence-corrected chi connectivity index (χ2v) is 9.11. The van der Waals surface area contributed by atoms with E-state index in [-0.39, 0.29) is 6.67 Å². The summed E-state index contributed by atoms with van der Waals surface area (Å²) in [6.07, 6.45) is -2.04. The molecule has 1 heterocycles. The van der Waals surface area contributed by atoms with Gasteiger partial charge in [0.05, 0.1) is 6.67 Å². The van der Waals surface area contributed by atoms with Gasteiger partial charge < -0.3 is 0 Å². The van der Waals surface area contributed by atoms with Crippen LogP contribution in [0.25, 0.3) is 0 Å². The molecule has 1 aliphatic heterocycles. The topological polar surface area (TPSA) is 9.72 Å². The highest BCUT2D eigenvalue weighted by Gasteiger charge is 2.54. The van der Waals surface area contributed by atoms with E-state index >= 15 is 0 Å². The molecular formula is C5H4Cl9N3. The summed E-state index contributed by atoms with van der Waals surface area (Å²) in [5.41, 5.74) is 0. The second kappa shape index (κ2) is 6.08. The van der Waals surface area contributed by atoms with Gasteiger partial charge in [-0.3, -0.25) is 0 Å². The van der Waals surface area contributed by atoms with Gasteiger partial charge in [-0.15, -0.1) is 0 Å². The van der Waals surface area contributed by atoms with Crippen molar-refractivity contribution in [1.29, 1.82) is 0 Å². The molecule has 1 aliphatic rings. The molecule has 0 amide bonds. The van der Waals surface area contributed by atoms with Crippen molar-refractivity contribution >= 4 is 105 Å². The van der Waals surface area contributed by atoms with E-state index < -0.39 is 19.9 Å². The maximum absolute atomic E-state index is 5.98. The number of hydrogen-bond acceptors (Lipinski definition) is 3. The molecule has 2 atom stereocenters. The molecule has 0 aromatic rings. The molecule has 1 fully saturated rings. The smallest absolute Gasteiger partial charge is 0.182 e. The zero-order valence-electron chi connectivity index (χ0n) is 7.61. The molecule has 0 aromatic carbocycles. The van der Waals surface area contributed by atoms with Gasteiger partial charge in [-0.1, -0.05) is 69.6 Å². The summed E-state index contributed by atoms with van der Waals surface area (Å²) in [5, 5.41) is 0. The Morgan fingerprint density at radius 1 is 0.706 bits per heavy atom. The number of alkyl halides is 6. The van der Waals surface area contributed by atoms with Crippen LogP contribution in [-0.2, 0) is 0 Å². The summed E-state index contributed by atoms with van der Waals surface area (Å²) < 4.78 is -0.505. The average Bonchev–Trinajstić information content (AvgIpc) is 1.94. The summed E-state index contributed by atoms with van der Waals surface area (Å²) >= 11 is 52.2. The highest BCUT2D eigenvalue weighted by Crippen LogP contribution is 2.46. The maximum Gasteiger partial charge on any atom is 0.221 e. The maximum atomic E-state index is 5.98. The first kappa shape index (κ1) is 17.5. The van der Waals surface area contributed by atoms with Crippen LogP contribution >= 0.6 is 105 Å². The molecule has 17 heavy (non-hydrogen) atoms. The van der Waals surface area contributed by atoms with Gasteiger partial charge in [0, 0.05) is 0 Å². The van der Waals surface area contributed by atoms with Gasteiger partial charge in [-0.05, 0) is 35.3 Å². The molecule has 0 aliphatic carbocycles. The first-order valence-electron chi connectivity index (χ1n) is 3.88. The Kier molecular flexibility index (Phi) is 6.28. The van der Waals surface area contributed by atoms with Crippen molar-refractivity contribution < 1.29 is 0 Å². The van der Waals surface area contributed by atoms with Gasteiger partial charge in [0.1, 0.15) is 12.3 Å². The molecule has 1 rings (SSSR count). The fourth-order valence-corrected chi connectivity index (χ4v) is 4.55. The lowest BCUT2D eigenvalue weighted by molar-refractivity contribution is 0.00697. The van der Waals surface area contributed by atoms with E-state index in [4.69, 9.17) is 105 Å². The third kappa shape index (κ3) is 4.23. The van der Waals surface area contributed by atoms with Crippen LogP contribution in [0.5, 0.6) is 0 Å². The zero-order chi connectivity index (χ0) is 13.6. The normalized spacial score (nSPS) is 30.9. The van der Waals surface area contributed by atoms with Gasteiger partial charge >= 0.3 is 0 Å². The Bertz CT molecular complexity index is 249. The van der Waals surface area contributed by atoms with Crippen LogP contribution in [-0.4, -0.2) is 39.8 Å². The molecule has 2 unspecified atom stereocenters. The predicted molar refractivity (Wildman–Crippen MR) is 76.1 cm³/mol. The van der Waals surface area contributed by atoms with Gasteiger partial charge in [0.25, 0.3) is 0 Å². The first-order valence-corrected chi connectivity index (χ1v) is 7.17. The van der Waals surface area contributed by atoms with Crippen LogP contribution in [0.1, 0.15) is 0 Å². The fourth-order valence-electron chi connectivity index (χ4n) is 1.25. The largest absolute Gasteiger partial charge is 0.221 e. The minimum absolute atomic E-state index is 0.0243. The molecule has 0 spiro atoms. The van der Waals surface area contributed by atoms with E-state index in [1.54, 1.807) is 0 Å². The highest BCUT2D eigenvalue weighted by molar-refractivity contribution is 6.69. The minimum Gasteiger partial charge on any atom is -0.182 e. The van der Waals surface area contributed by atoms with Crippen molar-refractivity contribution in [3.05, 3.63) is 0 Å². The minimum atomic E-state index is -1.81. The van der Waals surface area contributed by atoms with Gasteiger partial charge in [-0.2, -0.15) is 13.3 Å². The van der Waals surface area contributed by atoms with Crippen LogP contribution in [0.4, 0.5) is 0 Å². The van der Waals surface area contributed by atoms with Gasteiger partial charge in [0.2, 0.25) is 7.59 Å². The van der Waals surface area contributed by atoms with Crippen molar-refractivity contribution in [3.8, 4) is 0 Å². The monoisotopic (exact) mass is 421 g/mol. The summed E-state index contributed by atoms with van der Waals surface area (Å²) in [4.78, 5) is 0. The van der Waals surface area contributed by atoms with Crippen molar-refractivity contribution in [2.45, 2.75) is 19.9 Å². The summed E-state index contributed by atoms with van der Waals surface area (Å²) in [5.74, 6) is 0. The molecule has 0 radical (unpaired) electrons. The fraction of sp³-hybridized carbons (Fsp3) is 1.00. The Morgan fingerprint density at radius 2 is 1.00 bits per heavy atom. The third-order valence-electron chi connectivity index (χ3n) is 1.85. The van der Waals surface area contributed by atoms with E-state index in [0.29, 0.717) is 0 Å². The van der Waals surface area contributed by atoms with Crippen molar-refractivity contribution in [2.75, 3.05) is 6.67 Å². The number of halogens is 9. The molecule has 0 aromatic heterocycles. The summed E-state index contributed by atoms with van der Waals surface area (Å²) in [7, 11) is 0. The van der Waals surface area contributed by atoms with Crippen LogP contribution in [0.2, 0.25) is 0 Å². The van der Waals surface area contributed by atoms with Crippen molar-refractivity contribution in [1.82, 2.24) is 13.3 Å². The highest BCUT2D eigenvalue weighted by atomic mass is 35.6. The number of rotatable bonds is 0. The first-order chi connectivity index (χ1) is 7.46. The molecule has 0 N–H and O–H groups in total. The molecule has 0 bridgehead atoms. The number of hydrogen-bond donors (Lipinski definition) is 0. The van der Waals surface area contributed by atoms with Crippen LogP contribution in [0, 0.1) is 0 Å². The van der Waals surface area contributed by atoms with E-state index in [0.717, 1.165) is 13.3 Å². The average molecular weight is 425 g/mol. The summed E-state index contributed by atoms with van der Waals surface area (Å²) in [6, 6.07) is 0. The van der Waals surface area contributed by atoms with E-state index in [1.807, 2.05) is 0 Å². The Balaban J connectivity index is 3.04. The molecule has 102 valence electrons. The van der Waals surface area contributed by atoms with Crippen molar-refractivity contribution in [2.24, 2.45) is 0 Å². The molecule has 3 nitrogen and oxygen atoms in total. The van der Waals surface area contributed by atoms with Gasteiger partial charge in [-0.25, -0.2) is 0 Å². The standard InChI is InChI=1S/C5H4Cl9N3/c6-4(7,8)2-15(12)1-16(13)3(17(2)14)5(9,10)11/h2-3H,1H2. The SMILES string of the molecule is ClN1CN(Cl)C(C(Cl)(Cl)Cl)N(Cl)C1C(Cl)(Cl)Cl. The number of nitrogens with zero attached hydrogens (tertiary/aromatic N) is 3. The summed E-state index contributed by atoms with van der Waals surface area (Å²) in [6.45, 7) is -0.0243. The third-order valence-corrected chi connectivity index (χ3v) is 3.98. The lowest BCUT2D eigenvalue weighted by atomic mass is 10.4. The van der Waals surface area contributed by atoms with Crippen molar-refractivity contribution in [3.63, 3.8) is 0 Å². The molecular weight excluding hydrogens is 421 g/mol. The van der Waals surface area contributed by atoms with E-state index in [1.165, 1.54) is 0 Å². The lowest BCUT2D eigenvalue weighted by Crippen LogP contribution is -2.65. The van der Waals surface area contributed by atoms with Gasteiger partial charge in [0.15, 0.2) is 0 Å². The zero-order valence-corrected chi connectivity index (χ0v) is 14.4. The Hall–Kier alpha value is 2.49. The van der Waals surface area contributed by atoms with Crippen LogP contribution < -0.4 is 0 Å². The second-order valence-electron chi connectivity index (χ2n) is 3.12. The van der Waals surface area contributed by atoms with Crippen LogP contribution in [0.15, 0.2) is 0 Å².